The molecule has 0 aliphatic heterocycles. The Morgan fingerprint density at radius 2 is 1.71 bits per heavy atom. The van der Waals surface area contributed by atoms with Gasteiger partial charge in [0.1, 0.15) is 5.75 Å². The number of benzene rings is 2. The average molecular weight is 302 g/mol. The van der Waals surface area contributed by atoms with Crippen LogP contribution in [-0.2, 0) is 0 Å². The number of likely N-dealkylation sites (N-methyl/N-ethyl adjacent to an activating group) is 1. The Labute approximate surface area is 131 Å². The lowest BCUT2D eigenvalue weighted by atomic mass is 9.93. The summed E-state index contributed by atoms with van der Waals surface area (Å²) in [6, 6.07) is 15.2. The molecular weight excluding hydrogens is 282 g/mol. The van der Waals surface area contributed by atoms with Crippen LogP contribution in [0.5, 0.6) is 5.75 Å². The van der Waals surface area contributed by atoms with E-state index in [1.807, 2.05) is 50.5 Å². The molecule has 0 aliphatic rings. The van der Waals surface area contributed by atoms with Crippen LogP contribution in [0.4, 0.5) is 0 Å². The highest BCUT2D eigenvalue weighted by molar-refractivity contribution is 6.30. The van der Waals surface area contributed by atoms with Crippen LogP contribution in [0, 0.1) is 0 Å². The average Bonchev–Trinajstić information content (AvgIpc) is 2.40. The molecule has 0 saturated heterocycles. The van der Waals surface area contributed by atoms with Crippen molar-refractivity contribution in [2.24, 2.45) is 0 Å². The zero-order valence-corrected chi connectivity index (χ0v) is 13.4. The fraction of sp³-hybridized carbons (Fsp3) is 0.222. The highest BCUT2D eigenvalue weighted by atomic mass is 35.5. The number of nitrogens with zero attached hydrogens (tertiary/aromatic N) is 1. The van der Waals surface area contributed by atoms with Gasteiger partial charge in [-0.15, -0.1) is 0 Å². The van der Waals surface area contributed by atoms with Gasteiger partial charge in [-0.05, 0) is 62.0 Å². The van der Waals surface area contributed by atoms with Crippen LogP contribution in [0.1, 0.15) is 18.1 Å². The number of hydrogen-bond acceptors (Lipinski definition) is 2. The van der Waals surface area contributed by atoms with Crippen molar-refractivity contribution >= 4 is 17.2 Å². The summed E-state index contributed by atoms with van der Waals surface area (Å²) < 4.78 is 0. The molecule has 0 spiro atoms. The van der Waals surface area contributed by atoms with Gasteiger partial charge in [-0.1, -0.05) is 41.4 Å². The molecule has 1 N–H and O–H groups in total. The van der Waals surface area contributed by atoms with E-state index in [9.17, 15) is 5.11 Å². The molecule has 0 aliphatic carbocycles. The monoisotopic (exact) mass is 301 g/mol. The summed E-state index contributed by atoms with van der Waals surface area (Å²) in [6.45, 7) is 2.97. The minimum absolute atomic E-state index is 0.275. The third kappa shape index (κ3) is 4.10. The zero-order chi connectivity index (χ0) is 15.4. The lowest BCUT2D eigenvalue weighted by Gasteiger charge is -2.17. The van der Waals surface area contributed by atoms with E-state index in [0.717, 1.165) is 28.3 Å². The van der Waals surface area contributed by atoms with E-state index in [-0.39, 0.29) is 5.75 Å². The van der Waals surface area contributed by atoms with Gasteiger partial charge in [0.25, 0.3) is 0 Å². The van der Waals surface area contributed by atoms with Gasteiger partial charge in [0.15, 0.2) is 0 Å². The molecule has 0 fully saturated rings. The van der Waals surface area contributed by atoms with E-state index >= 15 is 0 Å². The number of aromatic hydroxyl groups is 1. The predicted octanol–water partition coefficient (Wildman–Crippen LogP) is 4.43. The van der Waals surface area contributed by atoms with Crippen LogP contribution in [0.15, 0.2) is 54.1 Å². The minimum atomic E-state index is 0.275. The summed E-state index contributed by atoms with van der Waals surface area (Å²) in [5.74, 6) is 0.275. The van der Waals surface area contributed by atoms with Gasteiger partial charge < -0.3 is 10.0 Å². The van der Waals surface area contributed by atoms with Crippen molar-refractivity contribution in [3.8, 4) is 5.75 Å². The molecule has 2 nitrogen and oxygen atoms in total. The minimum Gasteiger partial charge on any atom is -0.508 e. The number of phenolic OH excluding ortho intramolecular Hbond substituents is 1. The summed E-state index contributed by atoms with van der Waals surface area (Å²) in [6.07, 6.45) is 0. The summed E-state index contributed by atoms with van der Waals surface area (Å²) >= 11 is 5.99. The van der Waals surface area contributed by atoms with Gasteiger partial charge in [-0.3, -0.25) is 0 Å². The van der Waals surface area contributed by atoms with Crippen molar-refractivity contribution in [2.45, 2.75) is 6.92 Å². The van der Waals surface area contributed by atoms with Crippen molar-refractivity contribution in [3.63, 3.8) is 0 Å². The molecule has 2 aromatic rings. The molecule has 2 aromatic carbocycles. The molecule has 0 bridgehead atoms. The molecule has 0 heterocycles. The van der Waals surface area contributed by atoms with Crippen LogP contribution >= 0.6 is 11.6 Å². The van der Waals surface area contributed by atoms with E-state index in [1.54, 1.807) is 12.1 Å². The highest BCUT2D eigenvalue weighted by Gasteiger charge is 2.10. The lowest BCUT2D eigenvalue weighted by Crippen LogP contribution is -2.15. The third-order valence-corrected chi connectivity index (χ3v) is 3.50. The molecule has 2 rings (SSSR count). The van der Waals surface area contributed by atoms with Gasteiger partial charge in [-0.25, -0.2) is 0 Å². The molecule has 3 heteroatoms. The van der Waals surface area contributed by atoms with Gasteiger partial charge in [-0.2, -0.15) is 0 Å². The molecular formula is C18H20ClNO. The molecule has 0 aromatic heterocycles. The standard InChI is InChI=1S/C18H20ClNO/c1-13(12-20(2)3)18(14-7-9-16(19)10-8-14)15-5-4-6-17(21)11-15/h4-11,21H,12H2,1-3H3/b18-13-. The van der Waals surface area contributed by atoms with Crippen molar-refractivity contribution in [1.29, 1.82) is 0 Å². The van der Waals surface area contributed by atoms with Crippen LogP contribution in [0.25, 0.3) is 5.57 Å². The molecule has 0 amide bonds. The van der Waals surface area contributed by atoms with Gasteiger partial charge >= 0.3 is 0 Å². The molecule has 21 heavy (non-hydrogen) atoms. The Morgan fingerprint density at radius 1 is 1.05 bits per heavy atom. The maximum absolute atomic E-state index is 9.76. The molecule has 0 saturated carbocycles. The van der Waals surface area contributed by atoms with E-state index in [0.29, 0.717) is 0 Å². The van der Waals surface area contributed by atoms with Crippen molar-refractivity contribution in [1.82, 2.24) is 4.90 Å². The normalized spacial score (nSPS) is 12.4. The first-order valence-electron chi connectivity index (χ1n) is 6.87. The Bertz CT molecular complexity index is 645. The molecule has 0 radical (unpaired) electrons. The number of rotatable bonds is 4. The first kappa shape index (κ1) is 15.6. The van der Waals surface area contributed by atoms with Gasteiger partial charge in [0, 0.05) is 11.6 Å². The number of halogens is 1. The SMILES string of the molecule is C/C(CN(C)C)=C(\c1ccc(Cl)cc1)c1cccc(O)c1. The fourth-order valence-electron chi connectivity index (χ4n) is 2.49. The largest absolute Gasteiger partial charge is 0.508 e. The Balaban J connectivity index is 2.56. The summed E-state index contributed by atoms with van der Waals surface area (Å²) in [5, 5.41) is 10.5. The quantitative estimate of drug-likeness (QED) is 0.903. The lowest BCUT2D eigenvalue weighted by molar-refractivity contribution is 0.446. The smallest absolute Gasteiger partial charge is 0.116 e. The topological polar surface area (TPSA) is 23.5 Å². The van der Waals surface area contributed by atoms with E-state index in [2.05, 4.69) is 11.8 Å². The van der Waals surface area contributed by atoms with Crippen LogP contribution in [0.2, 0.25) is 5.02 Å². The molecule has 110 valence electrons. The second kappa shape index (κ2) is 6.79. The predicted molar refractivity (Wildman–Crippen MR) is 89.8 cm³/mol. The third-order valence-electron chi connectivity index (χ3n) is 3.25. The highest BCUT2D eigenvalue weighted by Crippen LogP contribution is 2.30. The van der Waals surface area contributed by atoms with E-state index in [4.69, 9.17) is 11.6 Å². The second-order valence-corrected chi connectivity index (χ2v) is 5.89. The van der Waals surface area contributed by atoms with E-state index < -0.39 is 0 Å². The number of hydrogen-bond donors (Lipinski definition) is 1. The van der Waals surface area contributed by atoms with Crippen molar-refractivity contribution in [3.05, 3.63) is 70.3 Å². The van der Waals surface area contributed by atoms with Crippen LogP contribution in [0.3, 0.4) is 0 Å². The van der Waals surface area contributed by atoms with Crippen molar-refractivity contribution in [2.75, 3.05) is 20.6 Å². The fourth-order valence-corrected chi connectivity index (χ4v) is 2.62. The van der Waals surface area contributed by atoms with E-state index in [1.165, 1.54) is 5.57 Å². The maximum atomic E-state index is 9.76. The summed E-state index contributed by atoms with van der Waals surface area (Å²) in [5.41, 5.74) is 4.49. The second-order valence-electron chi connectivity index (χ2n) is 5.45. The Hall–Kier alpha value is -1.77. The summed E-state index contributed by atoms with van der Waals surface area (Å²) in [4.78, 5) is 2.13. The summed E-state index contributed by atoms with van der Waals surface area (Å²) in [7, 11) is 4.09. The first-order valence-corrected chi connectivity index (χ1v) is 7.25. The van der Waals surface area contributed by atoms with Gasteiger partial charge in [0.2, 0.25) is 0 Å². The Kier molecular flexibility index (Phi) is 5.05. The number of phenols is 1. The van der Waals surface area contributed by atoms with Crippen molar-refractivity contribution < 1.29 is 5.11 Å². The molecule has 0 unspecified atom stereocenters. The van der Waals surface area contributed by atoms with Crippen LogP contribution < -0.4 is 0 Å². The van der Waals surface area contributed by atoms with Crippen LogP contribution in [-0.4, -0.2) is 30.6 Å². The Morgan fingerprint density at radius 3 is 2.29 bits per heavy atom. The maximum Gasteiger partial charge on any atom is 0.116 e. The molecule has 0 atom stereocenters. The first-order chi connectivity index (χ1) is 9.97. The zero-order valence-electron chi connectivity index (χ0n) is 12.6. The van der Waals surface area contributed by atoms with Gasteiger partial charge in [0.05, 0.1) is 0 Å².